The zero-order valence-corrected chi connectivity index (χ0v) is 12.2. The fourth-order valence-electron chi connectivity index (χ4n) is 1.96. The van der Waals surface area contributed by atoms with Crippen LogP contribution in [0.5, 0.6) is 0 Å². The molecule has 0 aromatic carbocycles. The van der Waals surface area contributed by atoms with E-state index in [0.29, 0.717) is 5.57 Å². The lowest BCUT2D eigenvalue weighted by molar-refractivity contribution is -0.125. The molecule has 0 radical (unpaired) electrons. The number of nitrogens with zero attached hydrogens (tertiary/aromatic N) is 1. The third kappa shape index (κ3) is 3.56. The molecule has 19 heavy (non-hydrogen) atoms. The second-order valence-electron chi connectivity index (χ2n) is 5.51. The average molecular weight is 269 g/mol. The van der Waals surface area contributed by atoms with Crippen LogP contribution in [0.25, 0.3) is 0 Å². The number of aliphatic hydroxyl groups excluding tert-OH is 1. The molecular formula is C14H23NO4. The van der Waals surface area contributed by atoms with E-state index >= 15 is 0 Å². The highest BCUT2D eigenvalue weighted by atomic mass is 16.6. The van der Waals surface area contributed by atoms with Gasteiger partial charge in [0.2, 0.25) is 0 Å². The maximum atomic E-state index is 12.3. The highest BCUT2D eigenvalue weighted by Crippen LogP contribution is 2.22. The lowest BCUT2D eigenvalue weighted by atomic mass is 10.0. The summed E-state index contributed by atoms with van der Waals surface area (Å²) in [5, 5.41) is 9.45. The zero-order chi connectivity index (χ0) is 14.7. The Labute approximate surface area is 114 Å². The molecule has 0 saturated carbocycles. The molecular weight excluding hydrogens is 246 g/mol. The van der Waals surface area contributed by atoms with Gasteiger partial charge >= 0.3 is 6.09 Å². The van der Waals surface area contributed by atoms with Gasteiger partial charge in [0.1, 0.15) is 6.61 Å². The molecule has 0 aromatic heterocycles. The minimum Gasteiger partial charge on any atom is -0.447 e. The summed E-state index contributed by atoms with van der Waals surface area (Å²) in [6.45, 7) is 9.30. The second kappa shape index (κ2) is 6.19. The zero-order valence-electron chi connectivity index (χ0n) is 12.2. The minimum atomic E-state index is -0.582. The van der Waals surface area contributed by atoms with Gasteiger partial charge in [-0.15, -0.1) is 0 Å². The van der Waals surface area contributed by atoms with Gasteiger partial charge in [0, 0.05) is 11.5 Å². The monoisotopic (exact) mass is 269 g/mol. The van der Waals surface area contributed by atoms with E-state index in [0.717, 1.165) is 0 Å². The van der Waals surface area contributed by atoms with Gasteiger partial charge in [-0.2, -0.15) is 0 Å². The molecule has 1 aliphatic heterocycles. The molecule has 0 spiro atoms. The standard InChI is InChI=1S/C14H23NO4/c1-8(2)12-7-19-14(18)15(12)13(17)10(4)6-9(3)11(5)16/h6,8-9,11-12,16H,7H2,1-5H3/b10-6+/t9-,11+,12+/m0/s1. The highest BCUT2D eigenvalue weighted by molar-refractivity contribution is 6.03. The van der Waals surface area contributed by atoms with Crippen molar-refractivity contribution in [1.82, 2.24) is 4.90 Å². The van der Waals surface area contributed by atoms with Crippen molar-refractivity contribution in [2.24, 2.45) is 11.8 Å². The Kier molecular flexibility index (Phi) is 5.11. The van der Waals surface area contributed by atoms with E-state index in [9.17, 15) is 14.7 Å². The van der Waals surface area contributed by atoms with E-state index in [1.807, 2.05) is 20.8 Å². The third-order valence-electron chi connectivity index (χ3n) is 3.51. The highest BCUT2D eigenvalue weighted by Gasteiger charge is 2.39. The van der Waals surface area contributed by atoms with Gasteiger partial charge in [0.05, 0.1) is 12.1 Å². The molecule has 1 rings (SSSR count). The van der Waals surface area contributed by atoms with Crippen LogP contribution in [0.4, 0.5) is 4.79 Å². The second-order valence-corrected chi connectivity index (χ2v) is 5.51. The van der Waals surface area contributed by atoms with Crippen LogP contribution < -0.4 is 0 Å². The fraction of sp³-hybridized carbons (Fsp3) is 0.714. The van der Waals surface area contributed by atoms with E-state index in [4.69, 9.17) is 4.74 Å². The van der Waals surface area contributed by atoms with Crippen LogP contribution >= 0.6 is 0 Å². The van der Waals surface area contributed by atoms with Gasteiger partial charge < -0.3 is 9.84 Å². The Balaban J connectivity index is 2.89. The molecule has 5 nitrogen and oxygen atoms in total. The molecule has 1 N–H and O–H groups in total. The summed E-state index contributed by atoms with van der Waals surface area (Å²) in [4.78, 5) is 25.2. The summed E-state index contributed by atoms with van der Waals surface area (Å²) in [6, 6.07) is -0.217. The number of cyclic esters (lactones) is 1. The molecule has 0 aromatic rings. The first-order valence-corrected chi connectivity index (χ1v) is 6.62. The molecule has 0 unspecified atom stereocenters. The summed E-state index contributed by atoms with van der Waals surface area (Å²) in [7, 11) is 0. The van der Waals surface area contributed by atoms with Crippen LogP contribution in [0.3, 0.4) is 0 Å². The third-order valence-corrected chi connectivity index (χ3v) is 3.51. The largest absolute Gasteiger partial charge is 0.447 e. The van der Waals surface area contributed by atoms with E-state index in [-0.39, 0.29) is 30.4 Å². The van der Waals surface area contributed by atoms with Crippen molar-refractivity contribution < 1.29 is 19.4 Å². The smallest absolute Gasteiger partial charge is 0.417 e. The fourth-order valence-corrected chi connectivity index (χ4v) is 1.96. The molecule has 108 valence electrons. The number of carbonyl (C=O) groups excluding carboxylic acids is 2. The number of hydrogen-bond donors (Lipinski definition) is 1. The van der Waals surface area contributed by atoms with Crippen molar-refractivity contribution in [2.45, 2.75) is 46.8 Å². The average Bonchev–Trinajstić information content (AvgIpc) is 2.69. The quantitative estimate of drug-likeness (QED) is 0.792. The predicted molar refractivity (Wildman–Crippen MR) is 71.4 cm³/mol. The van der Waals surface area contributed by atoms with E-state index < -0.39 is 12.2 Å². The van der Waals surface area contributed by atoms with E-state index in [2.05, 4.69) is 0 Å². The Morgan fingerprint density at radius 3 is 2.47 bits per heavy atom. The number of aliphatic hydroxyl groups is 1. The summed E-state index contributed by atoms with van der Waals surface area (Å²) >= 11 is 0. The molecule has 1 aliphatic rings. The number of carbonyl (C=O) groups is 2. The number of ether oxygens (including phenoxy) is 1. The van der Waals surface area contributed by atoms with Gasteiger partial charge in [-0.05, 0) is 19.8 Å². The van der Waals surface area contributed by atoms with Gasteiger partial charge in [0.25, 0.3) is 5.91 Å². The van der Waals surface area contributed by atoms with Crippen molar-refractivity contribution in [3.05, 3.63) is 11.6 Å². The van der Waals surface area contributed by atoms with Gasteiger partial charge in [-0.3, -0.25) is 4.79 Å². The molecule has 1 fully saturated rings. The van der Waals surface area contributed by atoms with Crippen molar-refractivity contribution in [1.29, 1.82) is 0 Å². The summed E-state index contributed by atoms with van der Waals surface area (Å²) in [5.41, 5.74) is 0.456. The lowest BCUT2D eigenvalue weighted by Crippen LogP contribution is -2.42. The molecule has 0 aliphatic carbocycles. The molecule has 5 heteroatoms. The SMILES string of the molecule is C/C(=C\[C@H](C)[C@@H](C)O)C(=O)N1C(=O)OC[C@@H]1C(C)C. The Hall–Kier alpha value is -1.36. The van der Waals surface area contributed by atoms with Crippen molar-refractivity contribution >= 4 is 12.0 Å². The van der Waals surface area contributed by atoms with Crippen LogP contribution in [0, 0.1) is 11.8 Å². The molecule has 0 bridgehead atoms. The van der Waals surface area contributed by atoms with Crippen LogP contribution in [-0.4, -0.2) is 40.8 Å². The normalized spacial score (nSPS) is 23.5. The van der Waals surface area contributed by atoms with Crippen LogP contribution in [0.15, 0.2) is 11.6 Å². The van der Waals surface area contributed by atoms with Crippen LogP contribution in [0.2, 0.25) is 0 Å². The van der Waals surface area contributed by atoms with Crippen molar-refractivity contribution in [3.63, 3.8) is 0 Å². The van der Waals surface area contributed by atoms with E-state index in [1.165, 1.54) is 4.90 Å². The molecule has 3 atom stereocenters. The topological polar surface area (TPSA) is 66.8 Å². The van der Waals surface area contributed by atoms with Crippen LogP contribution in [-0.2, 0) is 9.53 Å². The van der Waals surface area contributed by atoms with Crippen molar-refractivity contribution in [3.8, 4) is 0 Å². The van der Waals surface area contributed by atoms with Crippen molar-refractivity contribution in [2.75, 3.05) is 6.61 Å². The van der Waals surface area contributed by atoms with E-state index in [1.54, 1.807) is 19.9 Å². The lowest BCUT2D eigenvalue weighted by Gasteiger charge is -2.23. The first-order valence-electron chi connectivity index (χ1n) is 6.62. The van der Waals surface area contributed by atoms with Gasteiger partial charge in [-0.1, -0.05) is 26.8 Å². The first-order chi connectivity index (χ1) is 8.75. The first kappa shape index (κ1) is 15.7. The summed E-state index contributed by atoms with van der Waals surface area (Å²) in [6.07, 6.45) is 0.575. The predicted octanol–water partition coefficient (Wildman–Crippen LogP) is 1.95. The summed E-state index contributed by atoms with van der Waals surface area (Å²) < 4.78 is 4.95. The van der Waals surface area contributed by atoms with Gasteiger partial charge in [-0.25, -0.2) is 9.69 Å². The molecule has 1 heterocycles. The molecule has 1 saturated heterocycles. The Morgan fingerprint density at radius 1 is 1.42 bits per heavy atom. The summed E-state index contributed by atoms with van der Waals surface area (Å²) in [5.74, 6) is -0.328. The Bertz CT molecular complexity index is 387. The Morgan fingerprint density at radius 2 is 2.00 bits per heavy atom. The number of hydrogen-bond acceptors (Lipinski definition) is 4. The number of amides is 2. The number of rotatable bonds is 4. The number of imide groups is 1. The van der Waals surface area contributed by atoms with Gasteiger partial charge in [0.15, 0.2) is 0 Å². The molecule has 2 amide bonds. The van der Waals surface area contributed by atoms with Crippen LogP contribution in [0.1, 0.15) is 34.6 Å². The minimum absolute atomic E-state index is 0.139. The maximum absolute atomic E-state index is 12.3. The maximum Gasteiger partial charge on any atom is 0.417 e.